The Hall–Kier alpha value is -3.84. The van der Waals surface area contributed by atoms with E-state index in [0.29, 0.717) is 19.3 Å². The maximum atomic E-state index is 13.1. The van der Waals surface area contributed by atoms with Gasteiger partial charge in [0, 0.05) is 19.3 Å². The number of hydrogen-bond donors (Lipinski definition) is 3. The Morgan fingerprint density at radius 3 is 1.46 bits per heavy atom. The van der Waals surface area contributed by atoms with E-state index in [0.717, 1.165) is 122 Å². The summed E-state index contributed by atoms with van der Waals surface area (Å²) in [5, 5.41) is 31.3. The van der Waals surface area contributed by atoms with Gasteiger partial charge in [-0.1, -0.05) is 164 Å². The minimum atomic E-state index is -1.92. The molecule has 3 N–H and O–H groups in total. The van der Waals surface area contributed by atoms with Crippen molar-refractivity contribution in [2.45, 2.75) is 250 Å². The highest BCUT2D eigenvalue weighted by molar-refractivity contribution is 5.74. The van der Waals surface area contributed by atoms with Crippen molar-refractivity contribution in [3.63, 3.8) is 0 Å². The van der Waals surface area contributed by atoms with Crippen molar-refractivity contribution in [3.8, 4) is 0 Å². The molecule has 1 fully saturated rings. The van der Waals surface area contributed by atoms with Crippen LogP contribution in [0.2, 0.25) is 0 Å². The second-order valence-electron chi connectivity index (χ2n) is 18.1. The number of allylic oxidation sites excluding steroid dienone is 12. The topological polar surface area (TPSA) is 175 Å². The monoisotopic (exact) mass is 971 g/mol. The Bertz CT molecular complexity index is 1480. The van der Waals surface area contributed by atoms with Gasteiger partial charge in [-0.25, -0.2) is 4.79 Å². The first-order chi connectivity index (χ1) is 33.6. The molecule has 12 nitrogen and oxygen atoms in total. The molecule has 1 aliphatic heterocycles. The molecule has 0 spiro atoms. The lowest BCUT2D eigenvalue weighted by Gasteiger charge is -2.40. The van der Waals surface area contributed by atoms with Gasteiger partial charge in [0.2, 0.25) is 0 Å². The van der Waals surface area contributed by atoms with Crippen molar-refractivity contribution in [1.82, 2.24) is 0 Å². The third-order valence-electron chi connectivity index (χ3n) is 11.7. The number of ether oxygens (including phenoxy) is 5. The van der Waals surface area contributed by atoms with E-state index in [1.807, 2.05) is 0 Å². The Morgan fingerprint density at radius 1 is 0.493 bits per heavy atom. The number of carboxylic acid groups (broad SMARTS) is 1. The van der Waals surface area contributed by atoms with Crippen LogP contribution < -0.4 is 0 Å². The van der Waals surface area contributed by atoms with Gasteiger partial charge in [-0.2, -0.15) is 0 Å². The van der Waals surface area contributed by atoms with Crippen molar-refractivity contribution >= 4 is 23.9 Å². The molecule has 12 heteroatoms. The average Bonchev–Trinajstić information content (AvgIpc) is 3.33. The third kappa shape index (κ3) is 35.8. The number of carboxylic acids is 1. The summed E-state index contributed by atoms with van der Waals surface area (Å²) in [7, 11) is 0. The van der Waals surface area contributed by atoms with Gasteiger partial charge >= 0.3 is 23.9 Å². The van der Waals surface area contributed by atoms with Crippen molar-refractivity contribution in [1.29, 1.82) is 0 Å². The lowest BCUT2D eigenvalue weighted by atomic mass is 9.98. The van der Waals surface area contributed by atoms with Gasteiger partial charge in [0.05, 0.1) is 6.61 Å². The molecule has 394 valence electrons. The summed E-state index contributed by atoms with van der Waals surface area (Å²) in [5.74, 6) is -3.20. The van der Waals surface area contributed by atoms with Gasteiger partial charge in [0.15, 0.2) is 24.6 Å². The fourth-order valence-electron chi connectivity index (χ4n) is 7.57. The maximum absolute atomic E-state index is 13.1. The molecule has 1 rings (SSSR count). The molecular formula is C57H94O12. The van der Waals surface area contributed by atoms with Crippen molar-refractivity contribution in [2.24, 2.45) is 0 Å². The number of aliphatic carboxylic acids is 1. The maximum Gasteiger partial charge on any atom is 0.335 e. The number of aliphatic hydroxyl groups excluding tert-OH is 2. The molecule has 0 bridgehead atoms. The fraction of sp³-hybridized carbons (Fsp3) is 0.719. The molecule has 69 heavy (non-hydrogen) atoms. The zero-order valence-electron chi connectivity index (χ0n) is 43.0. The van der Waals surface area contributed by atoms with Gasteiger partial charge in [-0.15, -0.1) is 0 Å². The summed E-state index contributed by atoms with van der Waals surface area (Å²) >= 11 is 0. The summed E-state index contributed by atoms with van der Waals surface area (Å²) < 4.78 is 28.2. The van der Waals surface area contributed by atoms with E-state index < -0.39 is 67.3 Å². The summed E-state index contributed by atoms with van der Waals surface area (Å²) in [6.45, 7) is 5.75. The fourth-order valence-corrected chi connectivity index (χ4v) is 7.57. The summed E-state index contributed by atoms with van der Waals surface area (Å²) in [6.07, 6.45) is 43.2. The summed E-state index contributed by atoms with van der Waals surface area (Å²) in [6, 6.07) is 0. The number of hydrogen-bond acceptors (Lipinski definition) is 11. The third-order valence-corrected chi connectivity index (χ3v) is 11.7. The van der Waals surface area contributed by atoms with Crippen LogP contribution in [0.5, 0.6) is 0 Å². The molecule has 1 heterocycles. The quantitative estimate of drug-likeness (QED) is 0.0228. The molecule has 1 aliphatic rings. The predicted octanol–water partition coefficient (Wildman–Crippen LogP) is 13.0. The van der Waals surface area contributed by atoms with Crippen LogP contribution in [0.3, 0.4) is 0 Å². The molecule has 0 saturated carbocycles. The van der Waals surface area contributed by atoms with E-state index in [4.69, 9.17) is 23.7 Å². The van der Waals surface area contributed by atoms with Crippen LogP contribution >= 0.6 is 0 Å². The number of esters is 3. The lowest BCUT2D eigenvalue weighted by molar-refractivity contribution is -0.301. The van der Waals surface area contributed by atoms with Crippen LogP contribution in [0.1, 0.15) is 213 Å². The van der Waals surface area contributed by atoms with Gasteiger partial charge in [0.1, 0.15) is 18.8 Å². The SMILES string of the molecule is CC/C=C\C/C=C\C/C=C\CCCCCC(=O)OC1C(OCC(COC(=O)CCCCCCC/C=C\C/C=C\CCCCC)OC(=O)CCCCCCC/C=C\CCCC)OC(C(=O)O)C(O)C1O. The van der Waals surface area contributed by atoms with E-state index in [1.165, 1.54) is 32.1 Å². The van der Waals surface area contributed by atoms with E-state index >= 15 is 0 Å². The number of carbonyl (C=O) groups is 4. The zero-order chi connectivity index (χ0) is 50.4. The van der Waals surface area contributed by atoms with E-state index in [1.54, 1.807) is 0 Å². The van der Waals surface area contributed by atoms with E-state index in [2.05, 4.69) is 93.7 Å². The van der Waals surface area contributed by atoms with Crippen LogP contribution in [0, 0.1) is 0 Å². The average molecular weight is 971 g/mol. The molecular weight excluding hydrogens is 877 g/mol. The number of unbranched alkanes of at least 4 members (excludes halogenated alkanes) is 18. The van der Waals surface area contributed by atoms with E-state index in [-0.39, 0.29) is 25.9 Å². The number of carbonyl (C=O) groups excluding carboxylic acids is 3. The smallest absolute Gasteiger partial charge is 0.335 e. The molecule has 1 saturated heterocycles. The molecule has 0 aromatic heterocycles. The Labute approximate surface area is 417 Å². The first-order valence-corrected chi connectivity index (χ1v) is 26.9. The van der Waals surface area contributed by atoms with Crippen LogP contribution in [-0.2, 0) is 42.9 Å². The molecule has 0 aromatic rings. The minimum absolute atomic E-state index is 0.0209. The van der Waals surface area contributed by atoms with Gasteiger partial charge in [-0.05, 0) is 103 Å². The highest BCUT2D eigenvalue weighted by atomic mass is 16.7. The van der Waals surface area contributed by atoms with Gasteiger partial charge < -0.3 is 39.0 Å². The van der Waals surface area contributed by atoms with Gasteiger partial charge in [0.25, 0.3) is 0 Å². The minimum Gasteiger partial charge on any atom is -0.479 e. The number of rotatable bonds is 44. The Morgan fingerprint density at radius 2 is 0.928 bits per heavy atom. The molecule has 0 aromatic carbocycles. The lowest BCUT2D eigenvalue weighted by Crippen LogP contribution is -2.61. The van der Waals surface area contributed by atoms with Crippen LogP contribution in [0.15, 0.2) is 72.9 Å². The first-order valence-electron chi connectivity index (χ1n) is 26.9. The largest absolute Gasteiger partial charge is 0.479 e. The molecule has 0 aliphatic carbocycles. The van der Waals surface area contributed by atoms with E-state index in [9.17, 15) is 34.5 Å². The summed E-state index contributed by atoms with van der Waals surface area (Å²) in [5.41, 5.74) is 0. The Kier molecular flexibility index (Phi) is 41.5. The standard InChI is InChI=1S/C57H94O12/c1-4-7-10-13-16-19-22-24-25-27-29-31-34-37-40-43-49(58)65-46-48(67-50(59)44-41-38-35-32-28-21-18-15-12-9-6-3)47-66-57-55(53(62)52(61)54(69-57)56(63)64)68-51(60)45-42-39-36-33-30-26-23-20-17-14-11-8-5-2/h8,11,15-20,24-26,30,48,52-55,57,61-62H,4-7,9-10,12-14,21-23,27-29,31-47H2,1-3H3,(H,63,64)/b11-8-,18-15-,19-16-,20-17-,25-24-,30-26-. The highest BCUT2D eigenvalue weighted by Gasteiger charge is 2.50. The van der Waals surface area contributed by atoms with Gasteiger partial charge in [-0.3, -0.25) is 14.4 Å². The summed E-state index contributed by atoms with van der Waals surface area (Å²) in [4.78, 5) is 50.8. The molecule has 6 atom stereocenters. The van der Waals surface area contributed by atoms with Crippen LogP contribution in [0.4, 0.5) is 0 Å². The van der Waals surface area contributed by atoms with Crippen molar-refractivity contribution in [2.75, 3.05) is 13.2 Å². The first kappa shape index (κ1) is 63.2. The molecule has 0 amide bonds. The van der Waals surface area contributed by atoms with Crippen molar-refractivity contribution in [3.05, 3.63) is 72.9 Å². The van der Waals surface area contributed by atoms with Crippen LogP contribution in [0.25, 0.3) is 0 Å². The molecule has 6 unspecified atom stereocenters. The second-order valence-corrected chi connectivity index (χ2v) is 18.1. The van der Waals surface area contributed by atoms with Crippen LogP contribution in [-0.4, -0.2) is 89.2 Å². The van der Waals surface area contributed by atoms with Crippen molar-refractivity contribution < 1.29 is 58.2 Å². The normalized spacial score (nSPS) is 19.2. The predicted molar refractivity (Wildman–Crippen MR) is 275 cm³/mol. The zero-order valence-corrected chi connectivity index (χ0v) is 43.0. The molecule has 0 radical (unpaired) electrons. The number of aliphatic hydroxyl groups is 2. The second kappa shape index (κ2) is 45.3. The Balaban J connectivity index is 2.75. The highest BCUT2D eigenvalue weighted by Crippen LogP contribution is 2.26.